The topological polar surface area (TPSA) is 9.23 Å². The van der Waals surface area contributed by atoms with Crippen molar-refractivity contribution in [1.29, 1.82) is 0 Å². The van der Waals surface area contributed by atoms with Crippen molar-refractivity contribution in [2.45, 2.75) is 25.2 Å². The monoisotopic (exact) mass is 300 g/mol. The van der Waals surface area contributed by atoms with Crippen LogP contribution in [-0.4, -0.2) is 7.11 Å². The molecule has 0 spiro atoms. The lowest BCUT2D eigenvalue weighted by Gasteiger charge is -2.31. The van der Waals surface area contributed by atoms with Crippen LogP contribution in [0.15, 0.2) is 12.1 Å². The first kappa shape index (κ1) is 9.01. The second-order valence-corrected chi connectivity index (χ2v) is 5.45. The fraction of sp³-hybridized carbons (Fsp3) is 0.500. The van der Waals surface area contributed by atoms with E-state index in [2.05, 4.69) is 34.7 Å². The van der Waals surface area contributed by atoms with E-state index in [0.29, 0.717) is 0 Å². The minimum atomic E-state index is 0.854. The van der Waals surface area contributed by atoms with Crippen molar-refractivity contribution in [2.24, 2.45) is 5.92 Å². The molecule has 2 aliphatic carbocycles. The Hall–Kier alpha value is -0.250. The molecule has 0 saturated heterocycles. The molecule has 0 aromatic heterocycles. The van der Waals surface area contributed by atoms with Gasteiger partial charge >= 0.3 is 0 Å². The molecule has 0 amide bonds. The number of benzene rings is 1. The van der Waals surface area contributed by atoms with Crippen LogP contribution in [0, 0.1) is 9.49 Å². The molecule has 2 heteroatoms. The molecule has 0 bridgehead atoms. The van der Waals surface area contributed by atoms with Gasteiger partial charge in [0, 0.05) is 3.57 Å². The highest BCUT2D eigenvalue weighted by Crippen LogP contribution is 2.54. The van der Waals surface area contributed by atoms with Gasteiger partial charge < -0.3 is 4.74 Å². The first-order chi connectivity index (χ1) is 6.81. The highest BCUT2D eigenvalue weighted by atomic mass is 127. The maximum absolute atomic E-state index is 5.43. The van der Waals surface area contributed by atoms with Crippen LogP contribution >= 0.6 is 22.6 Å². The molecule has 1 saturated carbocycles. The van der Waals surface area contributed by atoms with Crippen LogP contribution in [-0.2, 0) is 6.42 Å². The summed E-state index contributed by atoms with van der Waals surface area (Å²) in [7, 11) is 1.78. The molecule has 0 N–H and O–H groups in total. The fourth-order valence-electron chi connectivity index (χ4n) is 2.87. The Kier molecular flexibility index (Phi) is 2.01. The Morgan fingerprint density at radius 2 is 2.21 bits per heavy atom. The lowest BCUT2D eigenvalue weighted by molar-refractivity contribution is 0.279. The predicted molar refractivity (Wildman–Crippen MR) is 64.9 cm³/mol. The van der Waals surface area contributed by atoms with Crippen LogP contribution in [0.5, 0.6) is 5.75 Å². The minimum absolute atomic E-state index is 0.854. The zero-order chi connectivity index (χ0) is 9.71. The molecule has 1 aromatic rings. The second kappa shape index (κ2) is 3.12. The number of halogens is 1. The van der Waals surface area contributed by atoms with E-state index in [1.54, 1.807) is 12.7 Å². The average Bonchev–Trinajstić information content (AvgIpc) is 2.41. The fourth-order valence-corrected chi connectivity index (χ4v) is 3.78. The number of ether oxygens (including phenoxy) is 1. The molecule has 2 unspecified atom stereocenters. The Balaban J connectivity index is 2.17. The van der Waals surface area contributed by atoms with E-state index in [0.717, 1.165) is 17.6 Å². The Morgan fingerprint density at radius 3 is 2.86 bits per heavy atom. The van der Waals surface area contributed by atoms with Gasteiger partial charge in [-0.15, -0.1) is 0 Å². The van der Waals surface area contributed by atoms with E-state index < -0.39 is 0 Å². The lowest BCUT2D eigenvalue weighted by atomic mass is 9.74. The van der Waals surface area contributed by atoms with Gasteiger partial charge in [0.2, 0.25) is 0 Å². The zero-order valence-corrected chi connectivity index (χ0v) is 10.4. The van der Waals surface area contributed by atoms with Gasteiger partial charge in [0.1, 0.15) is 5.75 Å². The molecule has 2 atom stereocenters. The van der Waals surface area contributed by atoms with Crippen molar-refractivity contribution >= 4 is 22.6 Å². The first-order valence-corrected chi connectivity index (χ1v) is 6.24. The molecule has 74 valence electrons. The quantitative estimate of drug-likeness (QED) is 0.723. The number of hydrogen-bond donors (Lipinski definition) is 0. The second-order valence-electron chi connectivity index (χ2n) is 4.29. The standard InChI is InChI=1S/C12H13IO/c1-14-11-5-4-10(13)12-8-3-2-7(8)6-9(11)12/h4-5,7-8H,2-3,6H2,1H3. The predicted octanol–water partition coefficient (Wildman–Crippen LogP) is 3.35. The van der Waals surface area contributed by atoms with Gasteiger partial charge in [-0.25, -0.2) is 0 Å². The third-order valence-corrected chi connectivity index (χ3v) is 4.68. The maximum Gasteiger partial charge on any atom is 0.122 e. The molecule has 0 heterocycles. The Morgan fingerprint density at radius 1 is 1.36 bits per heavy atom. The number of hydrogen-bond acceptors (Lipinski definition) is 1. The van der Waals surface area contributed by atoms with Crippen molar-refractivity contribution in [3.8, 4) is 5.75 Å². The van der Waals surface area contributed by atoms with Gasteiger partial charge in [-0.05, 0) is 76.9 Å². The average molecular weight is 300 g/mol. The van der Waals surface area contributed by atoms with E-state index in [4.69, 9.17) is 4.74 Å². The van der Waals surface area contributed by atoms with Gasteiger partial charge in [0.15, 0.2) is 0 Å². The summed E-state index contributed by atoms with van der Waals surface area (Å²) in [5.74, 6) is 2.89. The summed E-state index contributed by atoms with van der Waals surface area (Å²) >= 11 is 2.46. The molecule has 2 aliphatic rings. The van der Waals surface area contributed by atoms with Crippen LogP contribution in [0.4, 0.5) is 0 Å². The van der Waals surface area contributed by atoms with E-state index in [-0.39, 0.29) is 0 Å². The van der Waals surface area contributed by atoms with E-state index >= 15 is 0 Å². The summed E-state index contributed by atoms with van der Waals surface area (Å²) in [5.41, 5.74) is 3.09. The lowest BCUT2D eigenvalue weighted by Crippen LogP contribution is -2.19. The summed E-state index contributed by atoms with van der Waals surface area (Å²) in [6, 6.07) is 4.31. The van der Waals surface area contributed by atoms with Crippen LogP contribution < -0.4 is 4.74 Å². The van der Waals surface area contributed by atoms with Crippen molar-refractivity contribution in [3.63, 3.8) is 0 Å². The highest BCUT2D eigenvalue weighted by molar-refractivity contribution is 14.1. The van der Waals surface area contributed by atoms with Crippen molar-refractivity contribution < 1.29 is 4.74 Å². The Bertz CT molecular complexity index is 386. The van der Waals surface area contributed by atoms with E-state index in [1.807, 2.05) is 0 Å². The van der Waals surface area contributed by atoms with Crippen molar-refractivity contribution in [1.82, 2.24) is 0 Å². The normalized spacial score (nSPS) is 27.9. The molecule has 0 aliphatic heterocycles. The maximum atomic E-state index is 5.43. The van der Waals surface area contributed by atoms with Gasteiger partial charge in [0.05, 0.1) is 7.11 Å². The number of methoxy groups -OCH3 is 1. The van der Waals surface area contributed by atoms with E-state index in [1.165, 1.54) is 28.4 Å². The molecule has 3 rings (SSSR count). The van der Waals surface area contributed by atoms with E-state index in [9.17, 15) is 0 Å². The summed E-state index contributed by atoms with van der Waals surface area (Å²) in [5, 5.41) is 0. The van der Waals surface area contributed by atoms with Crippen molar-refractivity contribution in [2.75, 3.05) is 7.11 Å². The van der Waals surface area contributed by atoms with Gasteiger partial charge in [-0.2, -0.15) is 0 Å². The summed E-state index contributed by atoms with van der Waals surface area (Å²) < 4.78 is 6.87. The largest absolute Gasteiger partial charge is 0.496 e. The molecular formula is C12H13IO. The molecular weight excluding hydrogens is 287 g/mol. The highest BCUT2D eigenvalue weighted by Gasteiger charge is 2.41. The molecule has 1 fully saturated rings. The SMILES string of the molecule is COc1ccc(I)c2c1CC1CCC21. The zero-order valence-electron chi connectivity index (χ0n) is 8.22. The van der Waals surface area contributed by atoms with Gasteiger partial charge in [-0.1, -0.05) is 0 Å². The van der Waals surface area contributed by atoms with Crippen molar-refractivity contribution in [3.05, 3.63) is 26.8 Å². The summed E-state index contributed by atoms with van der Waals surface area (Å²) in [6.07, 6.45) is 4.05. The summed E-state index contributed by atoms with van der Waals surface area (Å²) in [4.78, 5) is 0. The number of rotatable bonds is 1. The number of fused-ring (bicyclic) bond motifs is 3. The van der Waals surface area contributed by atoms with Crippen LogP contribution in [0.2, 0.25) is 0 Å². The molecule has 0 radical (unpaired) electrons. The smallest absolute Gasteiger partial charge is 0.122 e. The molecule has 1 nitrogen and oxygen atoms in total. The van der Waals surface area contributed by atoms with Crippen LogP contribution in [0.25, 0.3) is 0 Å². The molecule has 14 heavy (non-hydrogen) atoms. The molecule has 1 aromatic carbocycles. The minimum Gasteiger partial charge on any atom is -0.496 e. The van der Waals surface area contributed by atoms with Crippen LogP contribution in [0.1, 0.15) is 29.9 Å². The third-order valence-electron chi connectivity index (χ3n) is 3.74. The first-order valence-electron chi connectivity index (χ1n) is 5.16. The van der Waals surface area contributed by atoms with Crippen LogP contribution in [0.3, 0.4) is 0 Å². The Labute approximate surface area is 98.0 Å². The van der Waals surface area contributed by atoms with Gasteiger partial charge in [-0.3, -0.25) is 0 Å². The van der Waals surface area contributed by atoms with Gasteiger partial charge in [0.25, 0.3) is 0 Å². The summed E-state index contributed by atoms with van der Waals surface area (Å²) in [6.45, 7) is 0. The third kappa shape index (κ3) is 1.06.